The summed E-state index contributed by atoms with van der Waals surface area (Å²) in [5.74, 6) is 0.941. The average molecular weight is 312 g/mol. The van der Waals surface area contributed by atoms with Gasteiger partial charge in [0.25, 0.3) is 5.56 Å². The van der Waals surface area contributed by atoms with Crippen molar-refractivity contribution in [1.29, 1.82) is 0 Å². The lowest BCUT2D eigenvalue weighted by Crippen LogP contribution is -2.16. The topological polar surface area (TPSA) is 47.0 Å². The fourth-order valence-electron chi connectivity index (χ4n) is 2.81. The Kier molecular flexibility index (Phi) is 3.22. The van der Waals surface area contributed by atoms with Gasteiger partial charge in [-0.25, -0.2) is 4.39 Å². The standard InChI is InChI=1S/C18H17FN2O2/c1-21-9-15(13-6-7-20-17(13)18(21)22)14-8-12(19)4-5-16(14)23-10-11-2-3-11/h4-9,11,20H,2-3,10H2,1H3. The van der Waals surface area contributed by atoms with Crippen molar-refractivity contribution >= 4 is 10.9 Å². The quantitative estimate of drug-likeness (QED) is 0.802. The molecule has 118 valence electrons. The smallest absolute Gasteiger partial charge is 0.274 e. The summed E-state index contributed by atoms with van der Waals surface area (Å²) in [4.78, 5) is 15.1. The molecule has 0 atom stereocenters. The number of benzene rings is 1. The van der Waals surface area contributed by atoms with Crippen molar-refractivity contribution in [3.63, 3.8) is 0 Å². The molecule has 1 aliphatic carbocycles. The van der Waals surface area contributed by atoms with Crippen LogP contribution in [0.15, 0.2) is 41.5 Å². The molecule has 1 fully saturated rings. The Morgan fingerprint density at radius 1 is 1.30 bits per heavy atom. The van der Waals surface area contributed by atoms with Crippen LogP contribution in [-0.4, -0.2) is 16.2 Å². The van der Waals surface area contributed by atoms with E-state index in [2.05, 4.69) is 4.98 Å². The van der Waals surface area contributed by atoms with Crippen LogP contribution in [0.5, 0.6) is 5.75 Å². The molecule has 0 aliphatic heterocycles. The molecule has 0 unspecified atom stereocenters. The van der Waals surface area contributed by atoms with Crippen molar-refractivity contribution in [2.45, 2.75) is 12.8 Å². The number of rotatable bonds is 4. The lowest BCUT2D eigenvalue weighted by molar-refractivity contribution is 0.300. The van der Waals surface area contributed by atoms with E-state index >= 15 is 0 Å². The van der Waals surface area contributed by atoms with Crippen LogP contribution in [-0.2, 0) is 7.05 Å². The molecule has 2 aromatic heterocycles. The van der Waals surface area contributed by atoms with Crippen molar-refractivity contribution in [1.82, 2.24) is 9.55 Å². The van der Waals surface area contributed by atoms with Crippen molar-refractivity contribution in [3.05, 3.63) is 52.8 Å². The molecule has 0 amide bonds. The van der Waals surface area contributed by atoms with Crippen molar-refractivity contribution in [3.8, 4) is 16.9 Å². The molecular weight excluding hydrogens is 295 g/mol. The second kappa shape index (κ2) is 5.26. The molecule has 2 heterocycles. The van der Waals surface area contributed by atoms with Crippen molar-refractivity contribution < 1.29 is 9.13 Å². The summed E-state index contributed by atoms with van der Waals surface area (Å²) in [6.07, 6.45) is 5.84. The van der Waals surface area contributed by atoms with Crippen LogP contribution in [0.25, 0.3) is 22.0 Å². The van der Waals surface area contributed by atoms with E-state index in [0.29, 0.717) is 29.4 Å². The Balaban J connectivity index is 1.89. The number of pyridine rings is 1. The summed E-state index contributed by atoms with van der Waals surface area (Å²) in [6, 6.07) is 6.37. The van der Waals surface area contributed by atoms with Gasteiger partial charge >= 0.3 is 0 Å². The predicted octanol–water partition coefficient (Wildman–Crippen LogP) is 3.46. The maximum Gasteiger partial charge on any atom is 0.274 e. The molecule has 4 rings (SSSR count). The normalized spacial score (nSPS) is 14.3. The lowest BCUT2D eigenvalue weighted by Gasteiger charge is -2.13. The Hall–Kier alpha value is -2.56. The second-order valence-corrected chi connectivity index (χ2v) is 6.12. The summed E-state index contributed by atoms with van der Waals surface area (Å²) >= 11 is 0. The number of aryl methyl sites for hydroxylation is 1. The first-order valence-corrected chi connectivity index (χ1v) is 7.73. The van der Waals surface area contributed by atoms with E-state index in [-0.39, 0.29) is 11.4 Å². The summed E-state index contributed by atoms with van der Waals surface area (Å²) in [6.45, 7) is 0.653. The molecular formula is C18H17FN2O2. The first-order chi connectivity index (χ1) is 11.1. The van der Waals surface area contributed by atoms with Gasteiger partial charge in [0.2, 0.25) is 0 Å². The maximum atomic E-state index is 13.8. The Labute approximate surface area is 132 Å². The van der Waals surface area contributed by atoms with Gasteiger partial charge in [0, 0.05) is 36.0 Å². The average Bonchev–Trinajstić information content (AvgIpc) is 3.24. The molecule has 3 aromatic rings. The van der Waals surface area contributed by atoms with Crippen LogP contribution < -0.4 is 10.3 Å². The number of nitrogens with one attached hydrogen (secondary N) is 1. The highest BCUT2D eigenvalue weighted by atomic mass is 19.1. The number of hydrogen-bond donors (Lipinski definition) is 1. The van der Waals surface area contributed by atoms with Crippen molar-refractivity contribution in [2.75, 3.05) is 6.61 Å². The van der Waals surface area contributed by atoms with Gasteiger partial charge < -0.3 is 14.3 Å². The molecule has 0 radical (unpaired) electrons. The third-order valence-electron chi connectivity index (χ3n) is 4.30. The molecule has 1 saturated carbocycles. The monoisotopic (exact) mass is 312 g/mol. The van der Waals surface area contributed by atoms with Crippen LogP contribution in [0, 0.1) is 11.7 Å². The number of hydrogen-bond acceptors (Lipinski definition) is 2. The zero-order valence-corrected chi connectivity index (χ0v) is 12.8. The van der Waals surface area contributed by atoms with Crippen molar-refractivity contribution in [2.24, 2.45) is 13.0 Å². The molecule has 5 heteroatoms. The highest BCUT2D eigenvalue weighted by Crippen LogP contribution is 2.36. The van der Waals surface area contributed by atoms with E-state index in [9.17, 15) is 9.18 Å². The van der Waals surface area contributed by atoms with E-state index < -0.39 is 0 Å². The SMILES string of the molecule is Cn1cc(-c2cc(F)ccc2OCC2CC2)c2cc[nH]c2c1=O. The number of aromatic nitrogens is 2. The van der Waals surface area contributed by atoms with E-state index in [4.69, 9.17) is 4.74 Å². The minimum absolute atomic E-state index is 0.106. The number of halogens is 1. The number of H-pyrrole nitrogens is 1. The molecule has 23 heavy (non-hydrogen) atoms. The predicted molar refractivity (Wildman–Crippen MR) is 87.2 cm³/mol. The first kappa shape index (κ1) is 14.1. The Morgan fingerprint density at radius 2 is 2.13 bits per heavy atom. The van der Waals surface area contributed by atoms with Crippen LogP contribution >= 0.6 is 0 Å². The largest absolute Gasteiger partial charge is 0.493 e. The van der Waals surface area contributed by atoms with Crippen LogP contribution in [0.3, 0.4) is 0 Å². The number of nitrogens with zero attached hydrogens (tertiary/aromatic N) is 1. The fourth-order valence-corrected chi connectivity index (χ4v) is 2.81. The molecule has 1 aliphatic rings. The third kappa shape index (κ3) is 2.52. The fraction of sp³-hybridized carbons (Fsp3) is 0.278. The summed E-state index contributed by atoms with van der Waals surface area (Å²) in [7, 11) is 1.69. The van der Waals surface area contributed by atoms with Gasteiger partial charge in [-0.2, -0.15) is 0 Å². The van der Waals surface area contributed by atoms with Crippen LogP contribution in [0.4, 0.5) is 4.39 Å². The number of ether oxygens (including phenoxy) is 1. The van der Waals surface area contributed by atoms with E-state index in [0.717, 1.165) is 10.9 Å². The molecule has 0 spiro atoms. The van der Waals surface area contributed by atoms with Crippen LogP contribution in [0.2, 0.25) is 0 Å². The Bertz CT molecular complexity index is 938. The molecule has 1 N–H and O–H groups in total. The molecule has 1 aromatic carbocycles. The summed E-state index contributed by atoms with van der Waals surface area (Å²) in [5, 5.41) is 0.773. The minimum atomic E-state index is -0.323. The highest BCUT2D eigenvalue weighted by molar-refractivity contribution is 5.95. The van der Waals surface area contributed by atoms with E-state index in [1.165, 1.54) is 29.5 Å². The van der Waals surface area contributed by atoms with Gasteiger partial charge in [0.15, 0.2) is 0 Å². The van der Waals surface area contributed by atoms with Gasteiger partial charge in [-0.05, 0) is 43.0 Å². The molecule has 0 bridgehead atoms. The van der Waals surface area contributed by atoms with E-state index in [1.807, 2.05) is 6.07 Å². The minimum Gasteiger partial charge on any atom is -0.493 e. The zero-order chi connectivity index (χ0) is 16.0. The maximum absolute atomic E-state index is 13.8. The second-order valence-electron chi connectivity index (χ2n) is 6.12. The van der Waals surface area contributed by atoms with Gasteiger partial charge in [-0.15, -0.1) is 0 Å². The van der Waals surface area contributed by atoms with E-state index in [1.54, 1.807) is 25.5 Å². The third-order valence-corrected chi connectivity index (χ3v) is 4.30. The highest BCUT2D eigenvalue weighted by Gasteiger charge is 2.23. The molecule has 4 nitrogen and oxygen atoms in total. The van der Waals surface area contributed by atoms with Gasteiger partial charge in [-0.1, -0.05) is 0 Å². The number of aromatic amines is 1. The van der Waals surface area contributed by atoms with Crippen LogP contribution in [0.1, 0.15) is 12.8 Å². The lowest BCUT2D eigenvalue weighted by atomic mass is 10.0. The van der Waals surface area contributed by atoms with Gasteiger partial charge in [0.05, 0.1) is 6.61 Å². The zero-order valence-electron chi connectivity index (χ0n) is 12.8. The first-order valence-electron chi connectivity index (χ1n) is 7.73. The van der Waals surface area contributed by atoms with Gasteiger partial charge in [-0.3, -0.25) is 4.79 Å². The number of fused-ring (bicyclic) bond motifs is 1. The Morgan fingerprint density at radius 3 is 2.91 bits per heavy atom. The molecule has 0 saturated heterocycles. The summed E-state index contributed by atoms with van der Waals surface area (Å²) in [5.41, 5.74) is 1.87. The van der Waals surface area contributed by atoms with Gasteiger partial charge in [0.1, 0.15) is 17.1 Å². The summed E-state index contributed by atoms with van der Waals surface area (Å²) < 4.78 is 21.2.